The van der Waals surface area contributed by atoms with E-state index in [0.29, 0.717) is 0 Å². The third kappa shape index (κ3) is 2.71. The van der Waals surface area contributed by atoms with Crippen LogP contribution in [0.3, 0.4) is 0 Å². The molecule has 1 aliphatic rings. The Morgan fingerprint density at radius 1 is 1.55 bits per heavy atom. The first kappa shape index (κ1) is 8.25. The zero-order valence-electron chi connectivity index (χ0n) is 7.30. The highest BCUT2D eigenvalue weighted by molar-refractivity contribution is 5.77. The van der Waals surface area contributed by atoms with Gasteiger partial charge >= 0.3 is 0 Å². The molecule has 0 atom stereocenters. The molecule has 0 aromatic carbocycles. The van der Waals surface area contributed by atoms with Gasteiger partial charge in [-0.05, 0) is 32.3 Å². The van der Waals surface area contributed by atoms with Gasteiger partial charge in [-0.2, -0.15) is 0 Å². The lowest BCUT2D eigenvalue weighted by atomic mass is 10.3. The van der Waals surface area contributed by atoms with E-state index < -0.39 is 0 Å². The molecule has 0 heterocycles. The van der Waals surface area contributed by atoms with E-state index in [0.717, 1.165) is 11.5 Å². The number of hydrogen-bond donors (Lipinski definition) is 0. The second-order valence-corrected chi connectivity index (χ2v) is 3.09. The predicted molar refractivity (Wildman–Crippen MR) is 49.8 cm³/mol. The fraction of sp³-hybridized carbons (Fsp3) is 0.500. The van der Waals surface area contributed by atoms with Crippen LogP contribution in [0.1, 0.15) is 26.7 Å². The third-order valence-electron chi connectivity index (χ3n) is 1.73. The Labute approximate surface area is 68.5 Å². The van der Waals surface area contributed by atoms with Crippen LogP contribution in [0.15, 0.2) is 28.9 Å². The van der Waals surface area contributed by atoms with E-state index in [4.69, 9.17) is 0 Å². The van der Waals surface area contributed by atoms with Gasteiger partial charge in [0.15, 0.2) is 0 Å². The standard InChI is InChI=1S/C10H15N/c1-4-10(9-5-6-9)11-7-8(2)3/h4,7,9H,2,5-6H2,1,3H3/b10-4-,11-7?. The first-order chi connectivity index (χ1) is 5.24. The molecule has 1 nitrogen and oxygen atoms in total. The number of nitrogens with zero attached hydrogens (tertiary/aromatic N) is 1. The molecule has 1 rings (SSSR count). The molecule has 1 heteroatoms. The van der Waals surface area contributed by atoms with E-state index >= 15 is 0 Å². The smallest absolute Gasteiger partial charge is 0.0392 e. The normalized spacial score (nSPS) is 19.3. The molecule has 0 aromatic heterocycles. The van der Waals surface area contributed by atoms with Crippen LogP contribution in [-0.4, -0.2) is 6.21 Å². The average molecular weight is 149 g/mol. The van der Waals surface area contributed by atoms with Crippen molar-refractivity contribution in [3.05, 3.63) is 23.9 Å². The monoisotopic (exact) mass is 149 g/mol. The first-order valence-electron chi connectivity index (χ1n) is 4.10. The van der Waals surface area contributed by atoms with Crippen molar-refractivity contribution < 1.29 is 0 Å². The third-order valence-corrected chi connectivity index (χ3v) is 1.73. The molecule has 0 radical (unpaired) electrons. The molecular weight excluding hydrogens is 134 g/mol. The molecular formula is C10H15N. The number of allylic oxidation sites excluding steroid dienone is 3. The van der Waals surface area contributed by atoms with Crippen molar-refractivity contribution in [3.8, 4) is 0 Å². The van der Waals surface area contributed by atoms with Gasteiger partial charge in [0.1, 0.15) is 0 Å². The van der Waals surface area contributed by atoms with Gasteiger partial charge in [0.05, 0.1) is 0 Å². The van der Waals surface area contributed by atoms with E-state index in [1.807, 2.05) is 20.1 Å². The fourth-order valence-electron chi connectivity index (χ4n) is 0.979. The SMILES string of the molecule is C=C(C)C=N/C(=C\C)C1CC1. The van der Waals surface area contributed by atoms with Crippen LogP contribution < -0.4 is 0 Å². The topological polar surface area (TPSA) is 12.4 Å². The summed E-state index contributed by atoms with van der Waals surface area (Å²) in [5.41, 5.74) is 2.25. The summed E-state index contributed by atoms with van der Waals surface area (Å²) < 4.78 is 0. The predicted octanol–water partition coefficient (Wildman–Crippen LogP) is 2.95. The largest absolute Gasteiger partial charge is 0.261 e. The van der Waals surface area contributed by atoms with Gasteiger partial charge in [0, 0.05) is 17.8 Å². The quantitative estimate of drug-likeness (QED) is 0.547. The molecule has 1 saturated carbocycles. The molecule has 1 fully saturated rings. The van der Waals surface area contributed by atoms with Crippen molar-refractivity contribution in [2.45, 2.75) is 26.7 Å². The highest BCUT2D eigenvalue weighted by Crippen LogP contribution is 2.36. The average Bonchev–Trinajstić information content (AvgIpc) is 2.72. The Balaban J connectivity index is 2.50. The Kier molecular flexibility index (Phi) is 2.64. The van der Waals surface area contributed by atoms with Gasteiger partial charge in [0.2, 0.25) is 0 Å². The van der Waals surface area contributed by atoms with Crippen LogP contribution in [0.5, 0.6) is 0 Å². The fourth-order valence-corrected chi connectivity index (χ4v) is 0.979. The summed E-state index contributed by atoms with van der Waals surface area (Å²) in [6, 6.07) is 0. The second-order valence-electron chi connectivity index (χ2n) is 3.09. The minimum Gasteiger partial charge on any atom is -0.261 e. The van der Waals surface area contributed by atoms with E-state index in [1.54, 1.807) is 0 Å². The minimum absolute atomic E-state index is 0.746. The highest BCUT2D eigenvalue weighted by Gasteiger charge is 2.24. The van der Waals surface area contributed by atoms with Crippen molar-refractivity contribution >= 4 is 6.21 Å². The van der Waals surface area contributed by atoms with Gasteiger partial charge in [0.25, 0.3) is 0 Å². The maximum atomic E-state index is 4.34. The summed E-state index contributed by atoms with van der Waals surface area (Å²) in [6.45, 7) is 7.77. The van der Waals surface area contributed by atoms with Gasteiger partial charge in [-0.1, -0.05) is 12.7 Å². The van der Waals surface area contributed by atoms with E-state index in [2.05, 4.69) is 17.6 Å². The Bertz CT molecular complexity index is 207. The molecule has 1 aliphatic carbocycles. The van der Waals surface area contributed by atoms with Crippen LogP contribution in [-0.2, 0) is 0 Å². The number of hydrogen-bond acceptors (Lipinski definition) is 1. The summed E-state index contributed by atoms with van der Waals surface area (Å²) in [5.74, 6) is 0.746. The summed E-state index contributed by atoms with van der Waals surface area (Å²) in [5, 5.41) is 0. The molecule has 0 spiro atoms. The van der Waals surface area contributed by atoms with Gasteiger partial charge < -0.3 is 0 Å². The summed E-state index contributed by atoms with van der Waals surface area (Å²) in [4.78, 5) is 4.34. The van der Waals surface area contributed by atoms with Gasteiger partial charge in [-0.3, -0.25) is 4.99 Å². The molecule has 0 saturated heterocycles. The van der Waals surface area contributed by atoms with E-state index in [-0.39, 0.29) is 0 Å². The summed E-state index contributed by atoms with van der Waals surface area (Å²) >= 11 is 0. The minimum atomic E-state index is 0.746. The maximum Gasteiger partial charge on any atom is 0.0392 e. The Morgan fingerprint density at radius 3 is 2.55 bits per heavy atom. The van der Waals surface area contributed by atoms with Crippen LogP contribution in [0, 0.1) is 5.92 Å². The lowest BCUT2D eigenvalue weighted by molar-refractivity contribution is 0.978. The zero-order valence-corrected chi connectivity index (χ0v) is 7.30. The van der Waals surface area contributed by atoms with Crippen LogP contribution in [0.4, 0.5) is 0 Å². The van der Waals surface area contributed by atoms with Crippen LogP contribution in [0.25, 0.3) is 0 Å². The van der Waals surface area contributed by atoms with Gasteiger partial charge in [-0.25, -0.2) is 0 Å². The lowest BCUT2D eigenvalue weighted by Gasteiger charge is -1.94. The van der Waals surface area contributed by atoms with E-state index in [9.17, 15) is 0 Å². The van der Waals surface area contributed by atoms with Crippen LogP contribution in [0.2, 0.25) is 0 Å². The molecule has 0 aromatic rings. The summed E-state index contributed by atoms with van der Waals surface area (Å²) in [7, 11) is 0. The molecule has 0 unspecified atom stereocenters. The highest BCUT2D eigenvalue weighted by atomic mass is 14.8. The zero-order chi connectivity index (χ0) is 8.27. The van der Waals surface area contributed by atoms with Gasteiger partial charge in [-0.15, -0.1) is 0 Å². The Hall–Kier alpha value is -0.850. The van der Waals surface area contributed by atoms with Crippen molar-refractivity contribution in [1.82, 2.24) is 0 Å². The maximum absolute atomic E-state index is 4.34. The summed E-state index contributed by atoms with van der Waals surface area (Å²) in [6.07, 6.45) is 6.56. The van der Waals surface area contributed by atoms with Crippen molar-refractivity contribution in [2.75, 3.05) is 0 Å². The first-order valence-corrected chi connectivity index (χ1v) is 4.10. The number of aliphatic imine (C=N–C) groups is 1. The molecule has 0 bridgehead atoms. The second kappa shape index (κ2) is 3.51. The van der Waals surface area contributed by atoms with Crippen molar-refractivity contribution in [1.29, 1.82) is 0 Å². The molecule has 11 heavy (non-hydrogen) atoms. The van der Waals surface area contributed by atoms with Crippen molar-refractivity contribution in [2.24, 2.45) is 10.9 Å². The molecule has 0 amide bonds. The lowest BCUT2D eigenvalue weighted by Crippen LogP contribution is -1.82. The van der Waals surface area contributed by atoms with Crippen molar-refractivity contribution in [3.63, 3.8) is 0 Å². The Morgan fingerprint density at radius 2 is 2.18 bits per heavy atom. The molecule has 0 aliphatic heterocycles. The molecule has 0 N–H and O–H groups in total. The van der Waals surface area contributed by atoms with E-state index in [1.165, 1.54) is 18.5 Å². The molecule has 60 valence electrons. The number of rotatable bonds is 3. The van der Waals surface area contributed by atoms with Crippen LogP contribution >= 0.6 is 0 Å².